The number of benzene rings is 2. The molecule has 0 radical (unpaired) electrons. The molecule has 1 amide bonds. The minimum atomic E-state index is -4.81. The van der Waals surface area contributed by atoms with Gasteiger partial charge in [0, 0.05) is 28.1 Å². The van der Waals surface area contributed by atoms with Gasteiger partial charge in [0.25, 0.3) is 5.91 Å². The van der Waals surface area contributed by atoms with Crippen molar-refractivity contribution in [3.05, 3.63) is 63.9 Å². The van der Waals surface area contributed by atoms with Gasteiger partial charge in [-0.3, -0.25) is 9.59 Å². The molecule has 4 nitrogen and oxygen atoms in total. The molecular formula is C20H15ClF4N2O2. The Kier molecular flexibility index (Phi) is 6.34. The number of hydrogen-bond donors (Lipinski definition) is 1. The lowest BCUT2D eigenvalue weighted by Gasteiger charge is -2.25. The van der Waals surface area contributed by atoms with Gasteiger partial charge in [-0.25, -0.2) is 4.39 Å². The number of nitrogens with one attached hydrogen (secondary N) is 1. The average Bonchev–Trinajstić information content (AvgIpc) is 2.60. The molecule has 0 spiro atoms. The molecule has 0 unspecified atom stereocenters. The Labute approximate surface area is 169 Å². The van der Waals surface area contributed by atoms with E-state index in [0.717, 1.165) is 12.1 Å². The molecule has 0 atom stereocenters. The number of anilines is 1. The van der Waals surface area contributed by atoms with E-state index in [1.165, 1.54) is 38.1 Å². The summed E-state index contributed by atoms with van der Waals surface area (Å²) in [6.45, 7) is 3.04. The normalized spacial score (nSPS) is 11.7. The summed E-state index contributed by atoms with van der Waals surface area (Å²) < 4.78 is 53.2. The van der Waals surface area contributed by atoms with E-state index in [-0.39, 0.29) is 16.3 Å². The maximum atomic E-state index is 14.1. The first-order valence-corrected chi connectivity index (χ1v) is 8.64. The van der Waals surface area contributed by atoms with Crippen LogP contribution in [-0.2, 0) is 21.2 Å². The molecule has 0 heterocycles. The molecule has 0 saturated carbocycles. The van der Waals surface area contributed by atoms with Crippen molar-refractivity contribution in [3.63, 3.8) is 0 Å². The van der Waals surface area contributed by atoms with Crippen LogP contribution in [-0.4, -0.2) is 11.7 Å². The Balaban J connectivity index is 2.22. The Morgan fingerprint density at radius 3 is 2.38 bits per heavy atom. The first-order valence-electron chi connectivity index (χ1n) is 8.27. The van der Waals surface area contributed by atoms with Crippen LogP contribution in [0.15, 0.2) is 36.4 Å². The van der Waals surface area contributed by atoms with Gasteiger partial charge in [-0.05, 0) is 30.3 Å². The van der Waals surface area contributed by atoms with E-state index in [2.05, 4.69) is 5.32 Å². The Morgan fingerprint density at radius 1 is 1.17 bits per heavy atom. The first-order chi connectivity index (χ1) is 13.4. The van der Waals surface area contributed by atoms with Crippen molar-refractivity contribution in [2.75, 3.05) is 5.32 Å². The second kappa shape index (κ2) is 8.21. The molecule has 9 heteroatoms. The van der Waals surface area contributed by atoms with Crippen LogP contribution in [0.25, 0.3) is 0 Å². The van der Waals surface area contributed by atoms with Crippen LogP contribution in [0.1, 0.15) is 37.0 Å². The minimum absolute atomic E-state index is 0.0561. The van der Waals surface area contributed by atoms with Gasteiger partial charge < -0.3 is 5.32 Å². The van der Waals surface area contributed by atoms with Crippen LogP contribution < -0.4 is 5.32 Å². The van der Waals surface area contributed by atoms with E-state index in [0.29, 0.717) is 6.07 Å². The second-order valence-electron chi connectivity index (χ2n) is 6.90. The van der Waals surface area contributed by atoms with E-state index in [4.69, 9.17) is 16.9 Å². The number of amides is 1. The summed E-state index contributed by atoms with van der Waals surface area (Å²) in [5.41, 5.74) is -3.23. The number of ketones is 1. The van der Waals surface area contributed by atoms with Gasteiger partial charge in [0.05, 0.1) is 17.2 Å². The van der Waals surface area contributed by atoms with Gasteiger partial charge in [0.15, 0.2) is 0 Å². The molecular weight excluding hydrogens is 412 g/mol. The molecule has 152 valence electrons. The third-order valence-corrected chi connectivity index (χ3v) is 4.51. The quantitative estimate of drug-likeness (QED) is 0.524. The summed E-state index contributed by atoms with van der Waals surface area (Å²) in [6, 6.07) is 7.98. The first kappa shape index (κ1) is 22.4. The minimum Gasteiger partial charge on any atom is -0.319 e. The van der Waals surface area contributed by atoms with Crippen molar-refractivity contribution in [1.29, 1.82) is 5.26 Å². The maximum Gasteiger partial charge on any atom is 0.417 e. The van der Waals surface area contributed by atoms with E-state index >= 15 is 0 Å². The number of Topliss-reactive ketones (excluding diaryl/α,β-unsaturated/α-hetero) is 1. The van der Waals surface area contributed by atoms with Crippen molar-refractivity contribution >= 4 is 29.0 Å². The van der Waals surface area contributed by atoms with Gasteiger partial charge >= 0.3 is 6.18 Å². The van der Waals surface area contributed by atoms with E-state index in [1.807, 2.05) is 0 Å². The molecule has 0 saturated heterocycles. The maximum absolute atomic E-state index is 14.1. The molecule has 29 heavy (non-hydrogen) atoms. The molecule has 2 aromatic rings. The monoisotopic (exact) mass is 426 g/mol. The Bertz CT molecular complexity index is 990. The highest BCUT2D eigenvalue weighted by atomic mass is 35.5. The van der Waals surface area contributed by atoms with E-state index < -0.39 is 46.6 Å². The molecule has 2 rings (SSSR count). The molecule has 2 aromatic carbocycles. The SMILES string of the molecule is CC(C)(CC(=O)C(=O)Nc1ccc(C#N)c(C(F)(F)F)c1)c1c(F)cccc1Cl. The van der Waals surface area contributed by atoms with Gasteiger partial charge in [-0.15, -0.1) is 0 Å². The zero-order chi connectivity index (χ0) is 22.0. The lowest BCUT2D eigenvalue weighted by Crippen LogP contribution is -2.31. The summed E-state index contributed by atoms with van der Waals surface area (Å²) in [4.78, 5) is 24.5. The highest BCUT2D eigenvalue weighted by Crippen LogP contribution is 2.36. The third kappa shape index (κ3) is 5.12. The van der Waals surface area contributed by atoms with Crippen LogP contribution in [0.4, 0.5) is 23.2 Å². The topological polar surface area (TPSA) is 70.0 Å². The fraction of sp³-hybridized carbons (Fsp3) is 0.250. The summed E-state index contributed by atoms with van der Waals surface area (Å²) in [7, 11) is 0. The largest absolute Gasteiger partial charge is 0.417 e. The van der Waals surface area contributed by atoms with E-state index in [1.54, 1.807) is 0 Å². The summed E-state index contributed by atoms with van der Waals surface area (Å²) in [5, 5.41) is 11.0. The van der Waals surface area contributed by atoms with Crippen molar-refractivity contribution in [3.8, 4) is 6.07 Å². The molecule has 0 bridgehead atoms. The molecule has 0 fully saturated rings. The van der Waals surface area contributed by atoms with Crippen molar-refractivity contribution in [2.24, 2.45) is 0 Å². The van der Waals surface area contributed by atoms with Crippen molar-refractivity contribution < 1.29 is 27.2 Å². The van der Waals surface area contributed by atoms with Crippen LogP contribution >= 0.6 is 11.6 Å². The van der Waals surface area contributed by atoms with Crippen LogP contribution in [0.2, 0.25) is 5.02 Å². The molecule has 0 aliphatic heterocycles. The Morgan fingerprint density at radius 2 is 1.83 bits per heavy atom. The number of halogens is 5. The van der Waals surface area contributed by atoms with Crippen LogP contribution in [0.5, 0.6) is 0 Å². The summed E-state index contributed by atoms with van der Waals surface area (Å²) >= 11 is 6.01. The lowest BCUT2D eigenvalue weighted by atomic mass is 9.79. The van der Waals surface area contributed by atoms with Crippen molar-refractivity contribution in [2.45, 2.75) is 31.9 Å². The number of nitriles is 1. The smallest absolute Gasteiger partial charge is 0.319 e. The van der Waals surface area contributed by atoms with Gasteiger partial charge in [-0.2, -0.15) is 18.4 Å². The van der Waals surface area contributed by atoms with Gasteiger partial charge in [0.1, 0.15) is 5.82 Å². The third-order valence-electron chi connectivity index (χ3n) is 4.20. The van der Waals surface area contributed by atoms with Gasteiger partial charge in [-0.1, -0.05) is 31.5 Å². The fourth-order valence-corrected chi connectivity index (χ4v) is 3.29. The predicted molar refractivity (Wildman–Crippen MR) is 98.8 cm³/mol. The van der Waals surface area contributed by atoms with Gasteiger partial charge in [0.2, 0.25) is 5.78 Å². The zero-order valence-corrected chi connectivity index (χ0v) is 16.1. The number of hydrogen-bond acceptors (Lipinski definition) is 3. The molecule has 0 aliphatic carbocycles. The average molecular weight is 427 g/mol. The Hall–Kier alpha value is -2.92. The lowest BCUT2D eigenvalue weighted by molar-refractivity contribution is -0.137. The number of rotatable bonds is 5. The highest BCUT2D eigenvalue weighted by Gasteiger charge is 2.35. The van der Waals surface area contributed by atoms with Crippen LogP contribution in [0.3, 0.4) is 0 Å². The fourth-order valence-electron chi connectivity index (χ4n) is 2.87. The molecule has 1 N–H and O–H groups in total. The number of carbonyl (C=O) groups is 2. The summed E-state index contributed by atoms with van der Waals surface area (Å²) in [5.74, 6) is -2.77. The highest BCUT2D eigenvalue weighted by molar-refractivity contribution is 6.41. The molecule has 0 aliphatic rings. The predicted octanol–water partition coefficient (Wildman–Crippen LogP) is 5.25. The molecule has 0 aromatic heterocycles. The summed E-state index contributed by atoms with van der Waals surface area (Å²) in [6.07, 6.45) is -5.23. The second-order valence-corrected chi connectivity index (χ2v) is 7.31. The number of carbonyl (C=O) groups excluding carboxylic acids is 2. The van der Waals surface area contributed by atoms with Crippen molar-refractivity contribution in [1.82, 2.24) is 0 Å². The standard InChI is InChI=1S/C20H15ClF4N2O2/c1-19(2,17-14(21)4-3-5-15(17)22)9-16(28)18(29)27-12-7-6-11(10-26)13(8-12)20(23,24)25/h3-8H,9H2,1-2H3,(H,27,29). The zero-order valence-electron chi connectivity index (χ0n) is 15.3. The number of nitrogens with zero attached hydrogens (tertiary/aromatic N) is 1. The number of alkyl halides is 3. The van der Waals surface area contributed by atoms with Crippen LogP contribution in [0, 0.1) is 17.1 Å². The van der Waals surface area contributed by atoms with E-state index in [9.17, 15) is 27.2 Å².